The Balaban J connectivity index is 1.55. The number of urea groups is 1. The van der Waals surface area contributed by atoms with Gasteiger partial charge in [-0.15, -0.1) is 0 Å². The van der Waals surface area contributed by atoms with Gasteiger partial charge in [0, 0.05) is 38.2 Å². The van der Waals surface area contributed by atoms with Crippen LogP contribution in [-0.2, 0) is 6.54 Å². The molecule has 2 aromatic heterocycles. The van der Waals surface area contributed by atoms with Crippen LogP contribution in [0.25, 0.3) is 5.82 Å². The highest BCUT2D eigenvalue weighted by molar-refractivity contribution is 5.74. The van der Waals surface area contributed by atoms with Gasteiger partial charge in [0.15, 0.2) is 5.82 Å². The number of nitrogens with zero attached hydrogens (tertiary/aromatic N) is 4. The highest BCUT2D eigenvalue weighted by Crippen LogP contribution is 2.28. The zero-order valence-corrected chi connectivity index (χ0v) is 15.1. The van der Waals surface area contributed by atoms with Crippen molar-refractivity contribution in [1.29, 1.82) is 0 Å². The minimum Gasteiger partial charge on any atom is -0.334 e. The maximum absolute atomic E-state index is 12.5. The van der Waals surface area contributed by atoms with Crippen molar-refractivity contribution in [3.8, 4) is 5.82 Å². The second-order valence-corrected chi connectivity index (χ2v) is 6.88. The molecule has 1 atom stereocenters. The molecule has 1 fully saturated rings. The molecule has 1 aliphatic carbocycles. The Bertz CT molecular complexity index is 679. The number of rotatable bonds is 5. The van der Waals surface area contributed by atoms with E-state index in [2.05, 4.69) is 22.3 Å². The van der Waals surface area contributed by atoms with Gasteiger partial charge in [-0.05, 0) is 49.4 Å². The van der Waals surface area contributed by atoms with Crippen molar-refractivity contribution in [2.45, 2.75) is 51.6 Å². The molecule has 0 radical (unpaired) electrons. The Morgan fingerprint density at radius 1 is 1.36 bits per heavy atom. The van der Waals surface area contributed by atoms with E-state index < -0.39 is 0 Å². The van der Waals surface area contributed by atoms with Crippen molar-refractivity contribution in [3.05, 3.63) is 42.4 Å². The summed E-state index contributed by atoms with van der Waals surface area (Å²) in [6.07, 6.45) is 11.7. The van der Waals surface area contributed by atoms with E-state index in [0.717, 1.165) is 11.4 Å². The predicted octanol–water partition coefficient (Wildman–Crippen LogP) is 3.38. The average molecular weight is 341 g/mol. The first-order valence-electron chi connectivity index (χ1n) is 9.11. The molecule has 2 amide bonds. The van der Waals surface area contributed by atoms with Crippen LogP contribution >= 0.6 is 0 Å². The maximum atomic E-state index is 12.5. The number of carbonyl (C=O) groups excluding carboxylic acids is 1. The molecule has 134 valence electrons. The lowest BCUT2D eigenvalue weighted by atomic mass is 9.84. The number of hydrogen-bond donors (Lipinski definition) is 1. The molecule has 0 spiro atoms. The first-order chi connectivity index (χ1) is 12.1. The van der Waals surface area contributed by atoms with E-state index >= 15 is 0 Å². The molecule has 1 unspecified atom stereocenters. The molecular weight excluding hydrogens is 314 g/mol. The fraction of sp³-hybridized carbons (Fsp3) is 0.526. The Morgan fingerprint density at radius 2 is 2.16 bits per heavy atom. The Kier molecular flexibility index (Phi) is 5.68. The van der Waals surface area contributed by atoms with Gasteiger partial charge in [-0.25, -0.2) is 14.5 Å². The number of hydrogen-bond acceptors (Lipinski definition) is 3. The van der Waals surface area contributed by atoms with E-state index in [1.807, 2.05) is 36.3 Å². The van der Waals surface area contributed by atoms with Crippen molar-refractivity contribution in [3.63, 3.8) is 0 Å². The second kappa shape index (κ2) is 8.14. The van der Waals surface area contributed by atoms with E-state index in [-0.39, 0.29) is 12.1 Å². The lowest BCUT2D eigenvalue weighted by molar-refractivity contribution is 0.156. The van der Waals surface area contributed by atoms with Crippen LogP contribution in [0.5, 0.6) is 0 Å². The first kappa shape index (κ1) is 17.5. The monoisotopic (exact) mass is 341 g/mol. The molecule has 2 heterocycles. The van der Waals surface area contributed by atoms with Crippen LogP contribution in [0.4, 0.5) is 4.79 Å². The summed E-state index contributed by atoms with van der Waals surface area (Å²) < 4.78 is 1.71. The lowest BCUT2D eigenvalue weighted by Gasteiger charge is -2.34. The van der Waals surface area contributed by atoms with E-state index in [1.54, 1.807) is 17.1 Å². The fourth-order valence-electron chi connectivity index (χ4n) is 3.52. The molecule has 0 aromatic carbocycles. The van der Waals surface area contributed by atoms with Crippen LogP contribution in [0.1, 0.15) is 44.6 Å². The smallest absolute Gasteiger partial charge is 0.317 e. The van der Waals surface area contributed by atoms with Gasteiger partial charge in [-0.3, -0.25) is 0 Å². The molecule has 1 N–H and O–H groups in total. The molecule has 1 saturated carbocycles. The van der Waals surface area contributed by atoms with Gasteiger partial charge in [0.2, 0.25) is 0 Å². The number of nitrogens with one attached hydrogen (secondary N) is 1. The molecule has 25 heavy (non-hydrogen) atoms. The Morgan fingerprint density at radius 3 is 2.88 bits per heavy atom. The van der Waals surface area contributed by atoms with Crippen LogP contribution in [0, 0.1) is 5.92 Å². The third-order valence-corrected chi connectivity index (χ3v) is 5.26. The van der Waals surface area contributed by atoms with Gasteiger partial charge in [0.25, 0.3) is 0 Å². The van der Waals surface area contributed by atoms with Crippen molar-refractivity contribution in [1.82, 2.24) is 25.0 Å². The molecule has 2 aromatic rings. The van der Waals surface area contributed by atoms with Crippen LogP contribution < -0.4 is 5.32 Å². The largest absolute Gasteiger partial charge is 0.334 e. The van der Waals surface area contributed by atoms with Crippen molar-refractivity contribution in [2.75, 3.05) is 7.05 Å². The number of aromatic nitrogens is 3. The van der Waals surface area contributed by atoms with E-state index in [4.69, 9.17) is 0 Å². The van der Waals surface area contributed by atoms with Crippen LogP contribution in [0.3, 0.4) is 0 Å². The molecule has 0 bridgehead atoms. The average Bonchev–Trinajstić information content (AvgIpc) is 3.20. The molecule has 1 aliphatic rings. The third kappa shape index (κ3) is 4.38. The van der Waals surface area contributed by atoms with E-state index in [9.17, 15) is 4.79 Å². The molecule has 0 saturated heterocycles. The molecule has 0 aliphatic heterocycles. The summed E-state index contributed by atoms with van der Waals surface area (Å²) in [5.74, 6) is 1.37. The molecule has 6 nitrogen and oxygen atoms in total. The minimum atomic E-state index is -0.0180. The standard InChI is InChI=1S/C19H27N5O/c1-15(17-7-4-3-5-8-17)23(2)19(25)21-14-16-9-11-20-18(13-16)24-12-6-10-22-24/h6,9-13,15,17H,3-5,7-8,14H2,1-2H3,(H,21,25). The predicted molar refractivity (Wildman–Crippen MR) is 97.4 cm³/mol. The van der Waals surface area contributed by atoms with Crippen molar-refractivity contribution < 1.29 is 4.79 Å². The topological polar surface area (TPSA) is 63.1 Å². The highest BCUT2D eigenvalue weighted by atomic mass is 16.2. The summed E-state index contributed by atoms with van der Waals surface area (Å²) in [7, 11) is 1.90. The minimum absolute atomic E-state index is 0.0180. The van der Waals surface area contributed by atoms with Gasteiger partial charge in [0.1, 0.15) is 0 Å². The summed E-state index contributed by atoms with van der Waals surface area (Å²) in [5.41, 5.74) is 1.01. The number of pyridine rings is 1. The molecule has 3 rings (SSSR count). The summed E-state index contributed by atoms with van der Waals surface area (Å²) in [6, 6.07) is 5.97. The summed E-state index contributed by atoms with van der Waals surface area (Å²) in [6.45, 7) is 2.65. The second-order valence-electron chi connectivity index (χ2n) is 6.88. The highest BCUT2D eigenvalue weighted by Gasteiger charge is 2.25. The van der Waals surface area contributed by atoms with Crippen molar-refractivity contribution >= 4 is 6.03 Å². The van der Waals surface area contributed by atoms with Gasteiger partial charge in [-0.1, -0.05) is 19.3 Å². The fourth-order valence-corrected chi connectivity index (χ4v) is 3.52. The molecule has 6 heteroatoms. The third-order valence-electron chi connectivity index (χ3n) is 5.26. The van der Waals surface area contributed by atoms with E-state index in [0.29, 0.717) is 12.5 Å². The maximum Gasteiger partial charge on any atom is 0.317 e. The van der Waals surface area contributed by atoms with Gasteiger partial charge in [-0.2, -0.15) is 5.10 Å². The first-order valence-corrected chi connectivity index (χ1v) is 9.11. The Labute approximate surface area is 149 Å². The zero-order chi connectivity index (χ0) is 17.6. The summed E-state index contributed by atoms with van der Waals surface area (Å²) >= 11 is 0. The zero-order valence-electron chi connectivity index (χ0n) is 15.1. The summed E-state index contributed by atoms with van der Waals surface area (Å²) in [4.78, 5) is 18.7. The normalized spacial score (nSPS) is 16.4. The van der Waals surface area contributed by atoms with Gasteiger partial charge >= 0.3 is 6.03 Å². The Hall–Kier alpha value is -2.37. The van der Waals surface area contributed by atoms with Crippen LogP contribution in [-0.4, -0.2) is 38.8 Å². The number of amides is 2. The SMILES string of the molecule is CC(C1CCCCC1)N(C)C(=O)NCc1ccnc(-n2cccn2)c1. The summed E-state index contributed by atoms with van der Waals surface area (Å²) in [5, 5.41) is 7.21. The number of carbonyl (C=O) groups is 1. The molecular formula is C19H27N5O. The van der Waals surface area contributed by atoms with Crippen molar-refractivity contribution in [2.24, 2.45) is 5.92 Å². The van der Waals surface area contributed by atoms with Gasteiger partial charge in [0.05, 0.1) is 0 Å². The van der Waals surface area contributed by atoms with Crippen LogP contribution in [0.2, 0.25) is 0 Å². The lowest BCUT2D eigenvalue weighted by Crippen LogP contribution is -2.45. The van der Waals surface area contributed by atoms with Gasteiger partial charge < -0.3 is 10.2 Å². The quantitative estimate of drug-likeness (QED) is 0.907. The van der Waals surface area contributed by atoms with Crippen LogP contribution in [0.15, 0.2) is 36.8 Å². The van der Waals surface area contributed by atoms with E-state index in [1.165, 1.54) is 32.1 Å².